The Labute approximate surface area is 118 Å². The van der Waals surface area contributed by atoms with Crippen LogP contribution in [0.2, 0.25) is 5.02 Å². The van der Waals surface area contributed by atoms with Crippen molar-refractivity contribution in [1.82, 2.24) is 4.98 Å². The monoisotopic (exact) mass is 297 g/mol. The maximum Gasteiger partial charge on any atom is 0.174 e. The number of amidine groups is 1. The Morgan fingerprint density at radius 3 is 2.84 bits per heavy atom. The van der Waals surface area contributed by atoms with Gasteiger partial charge >= 0.3 is 0 Å². The van der Waals surface area contributed by atoms with E-state index in [-0.39, 0.29) is 11.4 Å². The van der Waals surface area contributed by atoms with Crippen LogP contribution in [0.15, 0.2) is 51.6 Å². The van der Waals surface area contributed by atoms with E-state index in [9.17, 15) is 4.39 Å². The second kappa shape index (κ2) is 5.90. The minimum atomic E-state index is -0.577. The third-order valence-electron chi connectivity index (χ3n) is 2.27. The summed E-state index contributed by atoms with van der Waals surface area (Å²) in [6, 6.07) is 7.79. The van der Waals surface area contributed by atoms with Gasteiger partial charge in [0.1, 0.15) is 10.8 Å². The van der Waals surface area contributed by atoms with Crippen molar-refractivity contribution >= 4 is 29.2 Å². The molecule has 0 aliphatic carbocycles. The van der Waals surface area contributed by atoms with Crippen molar-refractivity contribution in [2.45, 2.75) is 9.92 Å². The lowest BCUT2D eigenvalue weighted by Crippen LogP contribution is -2.16. The Hall–Kier alpha value is -1.79. The highest BCUT2D eigenvalue weighted by Crippen LogP contribution is 2.34. The molecule has 3 N–H and O–H groups in total. The predicted molar refractivity (Wildman–Crippen MR) is 72.3 cm³/mol. The molecule has 7 heteroatoms. The highest BCUT2D eigenvalue weighted by atomic mass is 35.5. The van der Waals surface area contributed by atoms with Crippen LogP contribution in [0.5, 0.6) is 0 Å². The van der Waals surface area contributed by atoms with Gasteiger partial charge in [0, 0.05) is 11.1 Å². The second-order valence-corrected chi connectivity index (χ2v) is 4.93. The maximum absolute atomic E-state index is 13.8. The van der Waals surface area contributed by atoms with Gasteiger partial charge in [0.15, 0.2) is 5.84 Å². The van der Waals surface area contributed by atoms with Crippen molar-refractivity contribution in [3.8, 4) is 0 Å². The molecule has 1 aromatic carbocycles. The third-order valence-corrected chi connectivity index (χ3v) is 3.77. The molecule has 4 nitrogen and oxygen atoms in total. The van der Waals surface area contributed by atoms with Crippen LogP contribution >= 0.6 is 23.4 Å². The number of aromatic nitrogens is 1. The molecule has 0 radical (unpaired) electrons. The molecule has 0 unspecified atom stereocenters. The van der Waals surface area contributed by atoms with E-state index in [1.165, 1.54) is 12.1 Å². The molecule has 98 valence electrons. The quantitative estimate of drug-likeness (QED) is 0.395. The van der Waals surface area contributed by atoms with Gasteiger partial charge in [0.05, 0.1) is 10.6 Å². The summed E-state index contributed by atoms with van der Waals surface area (Å²) in [5.41, 5.74) is 5.51. The van der Waals surface area contributed by atoms with Gasteiger partial charge in [-0.3, -0.25) is 0 Å². The second-order valence-electron chi connectivity index (χ2n) is 3.49. The van der Waals surface area contributed by atoms with Gasteiger partial charge in [-0.1, -0.05) is 34.6 Å². The number of halogens is 2. The molecule has 2 aromatic rings. The fourth-order valence-corrected chi connectivity index (χ4v) is 2.61. The van der Waals surface area contributed by atoms with E-state index in [0.29, 0.717) is 14.9 Å². The topological polar surface area (TPSA) is 71.5 Å². The Bertz CT molecular complexity index is 636. The largest absolute Gasteiger partial charge is 0.409 e. The molecule has 0 atom stereocenters. The maximum atomic E-state index is 13.8. The first kappa shape index (κ1) is 13.6. The van der Waals surface area contributed by atoms with E-state index < -0.39 is 5.82 Å². The van der Waals surface area contributed by atoms with Crippen molar-refractivity contribution in [2.75, 3.05) is 0 Å². The van der Waals surface area contributed by atoms with Crippen LogP contribution in [0.4, 0.5) is 4.39 Å². The minimum absolute atomic E-state index is 0.0247. The first-order valence-electron chi connectivity index (χ1n) is 5.18. The summed E-state index contributed by atoms with van der Waals surface area (Å²) in [5, 5.41) is 12.5. The molecule has 0 amide bonds. The minimum Gasteiger partial charge on any atom is -0.409 e. The Kier molecular flexibility index (Phi) is 4.24. The highest BCUT2D eigenvalue weighted by Gasteiger charge is 2.15. The lowest BCUT2D eigenvalue weighted by molar-refractivity contribution is 0.318. The van der Waals surface area contributed by atoms with Crippen LogP contribution in [-0.2, 0) is 0 Å². The van der Waals surface area contributed by atoms with E-state index in [1.54, 1.807) is 24.4 Å². The van der Waals surface area contributed by atoms with E-state index in [0.717, 1.165) is 11.8 Å². The van der Waals surface area contributed by atoms with Crippen molar-refractivity contribution in [1.29, 1.82) is 0 Å². The molecule has 0 spiro atoms. The molecule has 0 aliphatic rings. The van der Waals surface area contributed by atoms with Gasteiger partial charge in [0.25, 0.3) is 0 Å². The first-order valence-corrected chi connectivity index (χ1v) is 6.37. The predicted octanol–water partition coefficient (Wildman–Crippen LogP) is 3.12. The van der Waals surface area contributed by atoms with Crippen molar-refractivity contribution in [3.63, 3.8) is 0 Å². The van der Waals surface area contributed by atoms with Crippen molar-refractivity contribution in [3.05, 3.63) is 52.9 Å². The van der Waals surface area contributed by atoms with Gasteiger partial charge < -0.3 is 10.9 Å². The average molecular weight is 298 g/mol. The van der Waals surface area contributed by atoms with Crippen LogP contribution in [0.1, 0.15) is 5.56 Å². The van der Waals surface area contributed by atoms with Gasteiger partial charge in [-0.2, -0.15) is 0 Å². The lowest BCUT2D eigenvalue weighted by Gasteiger charge is -2.09. The van der Waals surface area contributed by atoms with E-state index in [2.05, 4.69) is 10.1 Å². The molecule has 0 aliphatic heterocycles. The Morgan fingerprint density at radius 1 is 1.37 bits per heavy atom. The summed E-state index contributed by atoms with van der Waals surface area (Å²) >= 11 is 7.14. The summed E-state index contributed by atoms with van der Waals surface area (Å²) in [5.74, 6) is -0.875. The van der Waals surface area contributed by atoms with Crippen LogP contribution in [0.3, 0.4) is 0 Å². The van der Waals surface area contributed by atoms with E-state index in [4.69, 9.17) is 22.5 Å². The normalized spacial score (nSPS) is 11.6. The zero-order valence-electron chi connectivity index (χ0n) is 9.55. The number of rotatable bonds is 3. The summed E-state index contributed by atoms with van der Waals surface area (Å²) < 4.78 is 13.8. The van der Waals surface area contributed by atoms with Crippen LogP contribution in [0, 0.1) is 5.82 Å². The molecule has 0 bridgehead atoms. The molecule has 0 fully saturated rings. The number of pyridine rings is 1. The Morgan fingerprint density at radius 2 is 2.16 bits per heavy atom. The number of nitrogens with two attached hydrogens (primary N) is 1. The average Bonchev–Trinajstić information content (AvgIpc) is 2.41. The molecule has 0 saturated heterocycles. The van der Waals surface area contributed by atoms with E-state index >= 15 is 0 Å². The summed E-state index contributed by atoms with van der Waals surface area (Å²) in [7, 11) is 0. The smallest absolute Gasteiger partial charge is 0.174 e. The molecule has 2 rings (SSSR count). The molecule has 1 heterocycles. The fraction of sp³-hybridized carbons (Fsp3) is 0. The zero-order valence-corrected chi connectivity index (χ0v) is 11.1. The van der Waals surface area contributed by atoms with Crippen LogP contribution < -0.4 is 5.73 Å². The van der Waals surface area contributed by atoms with Crippen molar-refractivity contribution in [2.24, 2.45) is 10.9 Å². The molecular formula is C12H9ClFN3OS. The van der Waals surface area contributed by atoms with Gasteiger partial charge in [-0.15, -0.1) is 0 Å². The van der Waals surface area contributed by atoms with Gasteiger partial charge in [-0.25, -0.2) is 9.37 Å². The fourth-order valence-electron chi connectivity index (χ4n) is 1.44. The summed E-state index contributed by atoms with van der Waals surface area (Å²) in [6.07, 6.45) is 1.58. The number of nitrogens with zero attached hydrogens (tertiary/aromatic N) is 2. The van der Waals surface area contributed by atoms with E-state index in [1.807, 2.05) is 0 Å². The van der Waals surface area contributed by atoms with Gasteiger partial charge in [0.2, 0.25) is 0 Å². The molecule has 1 aromatic heterocycles. The molecule has 19 heavy (non-hydrogen) atoms. The number of hydrogen-bond donors (Lipinski definition) is 2. The third kappa shape index (κ3) is 2.97. The Balaban J connectivity index is 2.47. The standard InChI is InChI=1S/C12H9ClFN3OS/c13-7-3-2-6-16-12(7)19-9-5-1-4-8(14)10(9)11(15)17-18/h1-6,18H,(H2,15,17). The lowest BCUT2D eigenvalue weighted by atomic mass is 10.2. The number of benzene rings is 1. The van der Waals surface area contributed by atoms with Crippen LogP contribution in [0.25, 0.3) is 0 Å². The number of hydrogen-bond acceptors (Lipinski definition) is 4. The van der Waals surface area contributed by atoms with Gasteiger partial charge in [-0.05, 0) is 24.3 Å². The zero-order chi connectivity index (χ0) is 13.8. The summed E-state index contributed by atoms with van der Waals surface area (Å²) in [4.78, 5) is 4.56. The first-order chi connectivity index (χ1) is 9.13. The summed E-state index contributed by atoms with van der Waals surface area (Å²) in [6.45, 7) is 0. The van der Waals surface area contributed by atoms with Crippen molar-refractivity contribution < 1.29 is 9.60 Å². The number of oxime groups is 1. The van der Waals surface area contributed by atoms with Crippen LogP contribution in [-0.4, -0.2) is 16.0 Å². The SMILES string of the molecule is NC(=NO)c1c(F)cccc1Sc1ncccc1Cl. The molecule has 0 saturated carbocycles. The molecular weight excluding hydrogens is 289 g/mol. The highest BCUT2D eigenvalue weighted by molar-refractivity contribution is 7.99.